The maximum atomic E-state index is 13.4. The van der Waals surface area contributed by atoms with Crippen LogP contribution in [0.15, 0.2) is 30.3 Å². The lowest BCUT2D eigenvalue weighted by Crippen LogP contribution is -2.54. The summed E-state index contributed by atoms with van der Waals surface area (Å²) in [5, 5.41) is 13.2. The van der Waals surface area contributed by atoms with Crippen LogP contribution in [0.5, 0.6) is 0 Å². The van der Waals surface area contributed by atoms with E-state index in [0.717, 1.165) is 64.0 Å². The lowest BCUT2D eigenvalue weighted by Gasteiger charge is -2.45. The molecule has 30 heavy (non-hydrogen) atoms. The van der Waals surface area contributed by atoms with Crippen LogP contribution in [-0.2, 0) is 9.53 Å². The van der Waals surface area contributed by atoms with E-state index >= 15 is 0 Å². The lowest BCUT2D eigenvalue weighted by molar-refractivity contribution is -0.153. The molecule has 1 aromatic carbocycles. The van der Waals surface area contributed by atoms with Crippen molar-refractivity contribution in [3.8, 4) is 0 Å². The monoisotopic (exact) mass is 459 g/mol. The standard InChI is InChI=1S/C22H33N3O3.2ClH/c26-19-8-12-24(13-9-19)16-20-21(17-4-2-1-3-5-17)25(14-15-28-20)22(27)18-6-10-23-11-7-18;;/h1-5,18-21,23,26H,6-16H2;2*1H/t20-,21-;;/m0../s1. The first-order chi connectivity index (χ1) is 13.7. The summed E-state index contributed by atoms with van der Waals surface area (Å²) in [5.41, 5.74) is 1.16. The molecular weight excluding hydrogens is 425 g/mol. The number of ether oxygens (including phenoxy) is 1. The fourth-order valence-corrected chi connectivity index (χ4v) is 4.84. The normalized spacial score (nSPS) is 26.5. The van der Waals surface area contributed by atoms with E-state index in [4.69, 9.17) is 4.74 Å². The van der Waals surface area contributed by atoms with Gasteiger partial charge in [-0.2, -0.15) is 0 Å². The summed E-state index contributed by atoms with van der Waals surface area (Å²) in [4.78, 5) is 17.9. The predicted octanol–water partition coefficient (Wildman–Crippen LogP) is 2.25. The second kappa shape index (κ2) is 12.2. The Morgan fingerprint density at radius 2 is 1.70 bits per heavy atom. The number of hydrogen-bond donors (Lipinski definition) is 2. The van der Waals surface area contributed by atoms with Crippen molar-refractivity contribution in [2.45, 2.75) is 43.9 Å². The molecule has 170 valence electrons. The summed E-state index contributed by atoms with van der Waals surface area (Å²) < 4.78 is 6.23. The Labute approximate surface area is 192 Å². The topological polar surface area (TPSA) is 65.0 Å². The van der Waals surface area contributed by atoms with Gasteiger partial charge in [0.05, 0.1) is 24.9 Å². The highest BCUT2D eigenvalue weighted by Gasteiger charge is 2.39. The summed E-state index contributed by atoms with van der Waals surface area (Å²) in [7, 11) is 0. The van der Waals surface area contributed by atoms with Gasteiger partial charge in [0.15, 0.2) is 0 Å². The van der Waals surface area contributed by atoms with Crippen molar-refractivity contribution in [3.63, 3.8) is 0 Å². The maximum Gasteiger partial charge on any atom is 0.226 e. The maximum absolute atomic E-state index is 13.4. The number of rotatable bonds is 4. The molecule has 3 fully saturated rings. The third kappa shape index (κ3) is 6.09. The number of nitrogens with zero attached hydrogens (tertiary/aromatic N) is 2. The van der Waals surface area contributed by atoms with Crippen LogP contribution in [-0.4, -0.2) is 78.9 Å². The Morgan fingerprint density at radius 1 is 1.03 bits per heavy atom. The minimum Gasteiger partial charge on any atom is -0.393 e. The van der Waals surface area contributed by atoms with Gasteiger partial charge in [0, 0.05) is 32.1 Å². The molecule has 0 spiro atoms. The number of halogens is 2. The van der Waals surface area contributed by atoms with Gasteiger partial charge in [0.2, 0.25) is 5.91 Å². The van der Waals surface area contributed by atoms with Gasteiger partial charge in [-0.3, -0.25) is 4.79 Å². The lowest BCUT2D eigenvalue weighted by atomic mass is 9.92. The van der Waals surface area contributed by atoms with E-state index in [1.807, 2.05) is 18.2 Å². The number of carbonyl (C=O) groups excluding carboxylic acids is 1. The van der Waals surface area contributed by atoms with Crippen molar-refractivity contribution >= 4 is 30.7 Å². The van der Waals surface area contributed by atoms with E-state index in [9.17, 15) is 9.90 Å². The molecule has 3 aliphatic heterocycles. The van der Waals surface area contributed by atoms with Crippen LogP contribution < -0.4 is 5.32 Å². The molecule has 8 heteroatoms. The number of carbonyl (C=O) groups is 1. The first-order valence-corrected chi connectivity index (χ1v) is 10.8. The van der Waals surface area contributed by atoms with Crippen molar-refractivity contribution < 1.29 is 14.6 Å². The van der Waals surface area contributed by atoms with E-state index < -0.39 is 0 Å². The minimum absolute atomic E-state index is 0. The van der Waals surface area contributed by atoms with E-state index in [1.165, 1.54) is 0 Å². The van der Waals surface area contributed by atoms with E-state index in [-0.39, 0.29) is 54.9 Å². The summed E-state index contributed by atoms with van der Waals surface area (Å²) in [6.45, 7) is 5.71. The van der Waals surface area contributed by atoms with Crippen molar-refractivity contribution in [1.29, 1.82) is 0 Å². The molecule has 0 radical (unpaired) electrons. The Balaban J connectivity index is 0.00000160. The number of nitrogens with one attached hydrogen (secondary N) is 1. The zero-order valence-electron chi connectivity index (χ0n) is 17.4. The van der Waals surface area contributed by atoms with E-state index in [0.29, 0.717) is 13.2 Å². The summed E-state index contributed by atoms with van der Waals surface area (Å²) in [5.74, 6) is 0.411. The second-order valence-corrected chi connectivity index (χ2v) is 8.35. The molecular formula is C22H35Cl2N3O3. The van der Waals surface area contributed by atoms with Crippen LogP contribution in [0, 0.1) is 5.92 Å². The van der Waals surface area contributed by atoms with Gasteiger partial charge in [-0.1, -0.05) is 30.3 Å². The van der Waals surface area contributed by atoms with Gasteiger partial charge in [0.1, 0.15) is 0 Å². The highest BCUT2D eigenvalue weighted by atomic mass is 35.5. The minimum atomic E-state index is -0.175. The second-order valence-electron chi connectivity index (χ2n) is 8.35. The molecule has 0 aliphatic carbocycles. The Hall–Kier alpha value is -0.890. The van der Waals surface area contributed by atoms with Crippen molar-refractivity contribution in [1.82, 2.24) is 15.1 Å². The highest BCUT2D eigenvalue weighted by molar-refractivity contribution is 5.85. The number of aliphatic hydroxyl groups is 1. The molecule has 0 saturated carbocycles. The Kier molecular flexibility index (Phi) is 10.3. The summed E-state index contributed by atoms with van der Waals surface area (Å²) >= 11 is 0. The van der Waals surface area contributed by atoms with Gasteiger partial charge in [0.25, 0.3) is 0 Å². The predicted molar refractivity (Wildman–Crippen MR) is 122 cm³/mol. The molecule has 0 aromatic heterocycles. The van der Waals surface area contributed by atoms with Gasteiger partial charge in [-0.15, -0.1) is 24.8 Å². The van der Waals surface area contributed by atoms with Crippen LogP contribution in [0.4, 0.5) is 0 Å². The SMILES string of the molecule is Cl.Cl.O=C(C1CCNCC1)N1CCO[C@@H](CN2CCC(O)CC2)[C@@H]1c1ccccc1. The first kappa shape index (κ1) is 25.4. The molecule has 4 rings (SSSR count). The van der Waals surface area contributed by atoms with Gasteiger partial charge in [-0.25, -0.2) is 0 Å². The third-order valence-corrected chi connectivity index (χ3v) is 6.46. The third-order valence-electron chi connectivity index (χ3n) is 6.46. The molecule has 3 heterocycles. The van der Waals surface area contributed by atoms with E-state index in [2.05, 4.69) is 27.2 Å². The van der Waals surface area contributed by atoms with Gasteiger partial charge in [-0.05, 0) is 44.3 Å². The average Bonchev–Trinajstić information content (AvgIpc) is 2.76. The summed E-state index contributed by atoms with van der Waals surface area (Å²) in [6, 6.07) is 10.3. The fourth-order valence-electron chi connectivity index (χ4n) is 4.84. The Bertz CT molecular complexity index is 638. The van der Waals surface area contributed by atoms with Crippen LogP contribution in [0.3, 0.4) is 0 Å². The van der Waals surface area contributed by atoms with Gasteiger partial charge >= 0.3 is 0 Å². The van der Waals surface area contributed by atoms with Crippen LogP contribution in [0.1, 0.15) is 37.3 Å². The molecule has 3 saturated heterocycles. The van der Waals surface area contributed by atoms with Crippen molar-refractivity contribution in [2.24, 2.45) is 5.92 Å². The summed E-state index contributed by atoms with van der Waals surface area (Å²) in [6.07, 6.45) is 3.28. The number of aliphatic hydroxyl groups excluding tert-OH is 1. The van der Waals surface area contributed by atoms with E-state index in [1.54, 1.807) is 0 Å². The quantitative estimate of drug-likeness (QED) is 0.722. The number of benzene rings is 1. The smallest absolute Gasteiger partial charge is 0.226 e. The zero-order chi connectivity index (χ0) is 19.3. The molecule has 2 N–H and O–H groups in total. The first-order valence-electron chi connectivity index (χ1n) is 10.8. The average molecular weight is 460 g/mol. The molecule has 3 aliphatic rings. The molecule has 6 nitrogen and oxygen atoms in total. The molecule has 0 unspecified atom stereocenters. The number of morpholine rings is 1. The number of hydrogen-bond acceptors (Lipinski definition) is 5. The largest absolute Gasteiger partial charge is 0.393 e. The van der Waals surface area contributed by atoms with Crippen molar-refractivity contribution in [2.75, 3.05) is 45.9 Å². The van der Waals surface area contributed by atoms with Crippen LogP contribution >= 0.6 is 24.8 Å². The number of piperidine rings is 2. The number of amides is 1. The fraction of sp³-hybridized carbons (Fsp3) is 0.682. The van der Waals surface area contributed by atoms with Gasteiger partial charge < -0.3 is 25.0 Å². The highest BCUT2D eigenvalue weighted by Crippen LogP contribution is 2.33. The molecule has 2 atom stereocenters. The van der Waals surface area contributed by atoms with Crippen LogP contribution in [0.2, 0.25) is 0 Å². The van der Waals surface area contributed by atoms with Crippen LogP contribution in [0.25, 0.3) is 0 Å². The molecule has 0 bridgehead atoms. The molecule has 1 aromatic rings. The number of likely N-dealkylation sites (tertiary alicyclic amines) is 1. The zero-order valence-corrected chi connectivity index (χ0v) is 19.1. The molecule has 1 amide bonds. The van der Waals surface area contributed by atoms with Crippen molar-refractivity contribution in [3.05, 3.63) is 35.9 Å². The Morgan fingerprint density at radius 3 is 2.37 bits per heavy atom.